The van der Waals surface area contributed by atoms with Crippen molar-refractivity contribution in [2.45, 2.75) is 52.4 Å². The fourth-order valence-corrected chi connectivity index (χ4v) is 11.0. The zero-order chi connectivity index (χ0) is 40.5. The van der Waals surface area contributed by atoms with Crippen LogP contribution in [0.2, 0.25) is 5.02 Å². The molecule has 2 aliphatic heterocycles. The van der Waals surface area contributed by atoms with Gasteiger partial charge in [0.2, 0.25) is 23.6 Å². The van der Waals surface area contributed by atoms with E-state index in [0.717, 1.165) is 26.1 Å². The van der Waals surface area contributed by atoms with Crippen LogP contribution in [0.25, 0.3) is 26.7 Å². The number of methoxy groups -OCH3 is 1. The molecule has 2 N–H and O–H groups in total. The van der Waals surface area contributed by atoms with Gasteiger partial charge in [0.15, 0.2) is 11.5 Å². The third-order valence-electron chi connectivity index (χ3n) is 12.6. The van der Waals surface area contributed by atoms with Crippen LogP contribution in [0, 0.1) is 41.9 Å². The number of anilines is 1. The number of amides is 4. The maximum absolute atomic E-state index is 15.0. The van der Waals surface area contributed by atoms with Crippen LogP contribution >= 0.6 is 22.9 Å². The Labute approximate surface area is 338 Å². The molecule has 0 unspecified atom stereocenters. The Balaban J connectivity index is 1.16. The normalized spacial score (nSPS) is 25.7. The summed E-state index contributed by atoms with van der Waals surface area (Å²) in [6.07, 6.45) is 7.85. The van der Waals surface area contributed by atoms with Crippen molar-refractivity contribution < 1.29 is 38.9 Å². The Morgan fingerprint density at radius 2 is 1.84 bits per heavy atom. The Morgan fingerprint density at radius 3 is 2.60 bits per heavy atom. The number of carbonyl (C=O) groups is 5. The topological polar surface area (TPSA) is 159 Å². The second-order valence-corrected chi connectivity index (χ2v) is 17.2. The van der Waals surface area contributed by atoms with Crippen LogP contribution in [0.5, 0.6) is 11.5 Å². The fraction of sp³-hybridized carbons (Fsp3) is 0.395. The number of ether oxygens (including phenoxy) is 1. The predicted octanol–water partition coefficient (Wildman–Crippen LogP) is 7.40. The van der Waals surface area contributed by atoms with Crippen molar-refractivity contribution >= 4 is 74.5 Å². The van der Waals surface area contributed by atoms with Gasteiger partial charge in [-0.2, -0.15) is 5.10 Å². The minimum Gasteiger partial charge on any atom is -0.504 e. The lowest BCUT2D eigenvalue weighted by atomic mass is 9.52. The summed E-state index contributed by atoms with van der Waals surface area (Å²) in [5.41, 5.74) is 1.93. The number of fused-ring (bicyclic) bond motifs is 5. The lowest BCUT2D eigenvalue weighted by molar-refractivity contribution is -0.141. The van der Waals surface area contributed by atoms with Crippen LogP contribution < -0.4 is 9.64 Å². The molecule has 4 heterocycles. The number of imide groups is 2. The van der Waals surface area contributed by atoms with E-state index in [4.69, 9.17) is 26.5 Å². The molecule has 2 aromatic heterocycles. The molecule has 1 saturated carbocycles. The second-order valence-electron chi connectivity index (χ2n) is 15.7. The SMILES string of the molecule is COc1cc(C=C[C@H]2C3=CC[C@@H]4C(=O)N(CCCCCC(=O)O)C(=O)[C@@H]4[C@@H]3C[C@H]3C(=O)N(c4cc(-c5sc6ccc(Cl)cc6c5C)nn4C)C(=O)[C@@]23C)ccc1O. The highest BCUT2D eigenvalue weighted by Crippen LogP contribution is 2.61. The summed E-state index contributed by atoms with van der Waals surface area (Å²) in [5, 5.41) is 25.7. The van der Waals surface area contributed by atoms with Gasteiger partial charge in [0.25, 0.3) is 0 Å². The number of aromatic hydroxyl groups is 1. The average Bonchev–Trinajstić information content (AvgIpc) is 3.85. The summed E-state index contributed by atoms with van der Waals surface area (Å²) in [7, 11) is 3.17. The maximum atomic E-state index is 15.0. The molecule has 12 nitrogen and oxygen atoms in total. The maximum Gasteiger partial charge on any atom is 0.303 e. The number of allylic oxidation sites excluding steroid dienone is 3. The average molecular weight is 811 g/mol. The summed E-state index contributed by atoms with van der Waals surface area (Å²) in [6.45, 7) is 4.04. The third-order valence-corrected chi connectivity index (χ3v) is 14.1. The van der Waals surface area contributed by atoms with Crippen LogP contribution in [0.3, 0.4) is 0 Å². The summed E-state index contributed by atoms with van der Waals surface area (Å²) in [6, 6.07) is 12.4. The number of carbonyl (C=O) groups excluding carboxylic acids is 4. The molecular weight excluding hydrogens is 768 g/mol. The van der Waals surface area contributed by atoms with Gasteiger partial charge < -0.3 is 14.9 Å². The van der Waals surface area contributed by atoms with E-state index in [1.807, 2.05) is 50.3 Å². The van der Waals surface area contributed by atoms with Gasteiger partial charge in [-0.1, -0.05) is 47.9 Å². The van der Waals surface area contributed by atoms with E-state index in [2.05, 4.69) is 0 Å². The molecule has 8 rings (SSSR count). The van der Waals surface area contributed by atoms with E-state index < -0.39 is 41.0 Å². The van der Waals surface area contributed by atoms with Gasteiger partial charge >= 0.3 is 5.97 Å². The summed E-state index contributed by atoms with van der Waals surface area (Å²) in [4.78, 5) is 72.3. The number of likely N-dealkylation sites (tertiary alicyclic amines) is 1. The second kappa shape index (κ2) is 14.6. The number of benzene rings is 2. The number of hydrogen-bond acceptors (Lipinski definition) is 9. The van der Waals surface area contributed by atoms with Crippen molar-refractivity contribution in [3.05, 3.63) is 76.3 Å². The first-order valence-electron chi connectivity index (χ1n) is 19.2. The lowest BCUT2D eigenvalue weighted by Gasteiger charge is -2.47. The summed E-state index contributed by atoms with van der Waals surface area (Å²) >= 11 is 7.88. The van der Waals surface area contributed by atoms with E-state index in [1.54, 1.807) is 41.3 Å². The molecule has 14 heteroatoms. The molecule has 4 aromatic rings. The van der Waals surface area contributed by atoms with Crippen LogP contribution in [0.15, 0.2) is 60.2 Å². The summed E-state index contributed by atoms with van der Waals surface area (Å²) < 4.78 is 7.94. The largest absolute Gasteiger partial charge is 0.504 e. The minimum atomic E-state index is -1.24. The molecule has 2 saturated heterocycles. The smallest absolute Gasteiger partial charge is 0.303 e. The first kappa shape index (κ1) is 38.6. The Kier molecular flexibility index (Phi) is 9.88. The fourth-order valence-electron chi connectivity index (χ4n) is 9.67. The van der Waals surface area contributed by atoms with E-state index in [1.165, 1.54) is 23.0 Å². The number of thiophene rings is 1. The van der Waals surface area contributed by atoms with Crippen molar-refractivity contribution in [2.24, 2.45) is 42.1 Å². The number of nitrogens with zero attached hydrogens (tertiary/aromatic N) is 4. The number of carboxylic acids is 1. The molecule has 0 spiro atoms. The molecule has 2 aromatic carbocycles. The number of aliphatic carboxylic acids is 1. The molecular formula is C43H43ClN4O8S. The van der Waals surface area contributed by atoms with Crippen molar-refractivity contribution in [3.8, 4) is 22.1 Å². The van der Waals surface area contributed by atoms with Crippen LogP contribution in [0.1, 0.15) is 56.6 Å². The van der Waals surface area contributed by atoms with Gasteiger partial charge in [-0.05, 0) is 92.3 Å². The van der Waals surface area contributed by atoms with Crippen LogP contribution in [0.4, 0.5) is 5.82 Å². The van der Waals surface area contributed by atoms with E-state index >= 15 is 4.79 Å². The lowest BCUT2D eigenvalue weighted by Crippen LogP contribution is -2.49. The number of halogens is 1. The highest BCUT2D eigenvalue weighted by molar-refractivity contribution is 7.22. The first-order chi connectivity index (χ1) is 27.2. The summed E-state index contributed by atoms with van der Waals surface area (Å²) in [5.74, 6) is -4.71. The van der Waals surface area contributed by atoms with Gasteiger partial charge in [-0.15, -0.1) is 11.3 Å². The number of phenols is 1. The van der Waals surface area contributed by atoms with Gasteiger partial charge in [-0.3, -0.25) is 33.6 Å². The quantitative estimate of drug-likeness (QED) is 0.0895. The highest BCUT2D eigenvalue weighted by Gasteiger charge is 2.67. The number of phenolic OH excluding ortho intramolecular Hbond substituents is 1. The van der Waals surface area contributed by atoms with Crippen LogP contribution in [-0.4, -0.2) is 68.1 Å². The number of rotatable bonds is 11. The van der Waals surface area contributed by atoms with Gasteiger partial charge in [0.05, 0.1) is 35.2 Å². The van der Waals surface area contributed by atoms with Gasteiger partial charge in [0.1, 0.15) is 11.5 Å². The number of unbranched alkanes of at least 4 members (excludes halogenated alkanes) is 2. The Bertz CT molecular complexity index is 2430. The van der Waals surface area contributed by atoms with Crippen molar-refractivity contribution in [2.75, 3.05) is 18.6 Å². The minimum absolute atomic E-state index is 0.0197. The molecule has 0 radical (unpaired) electrons. The highest BCUT2D eigenvalue weighted by atomic mass is 35.5. The zero-order valence-electron chi connectivity index (χ0n) is 32.0. The molecule has 57 heavy (non-hydrogen) atoms. The van der Waals surface area contributed by atoms with E-state index in [-0.39, 0.29) is 54.5 Å². The van der Waals surface area contributed by atoms with E-state index in [0.29, 0.717) is 47.8 Å². The molecule has 0 bridgehead atoms. The predicted molar refractivity (Wildman–Crippen MR) is 216 cm³/mol. The number of aryl methyl sites for hydroxylation is 2. The molecule has 4 amide bonds. The van der Waals surface area contributed by atoms with Gasteiger partial charge in [0, 0.05) is 41.7 Å². The zero-order valence-corrected chi connectivity index (χ0v) is 33.6. The van der Waals surface area contributed by atoms with Crippen molar-refractivity contribution in [1.29, 1.82) is 0 Å². The molecule has 296 valence electrons. The number of aromatic nitrogens is 2. The third kappa shape index (κ3) is 6.26. The number of carboxylic acid groups (broad SMARTS) is 1. The first-order valence-corrected chi connectivity index (χ1v) is 20.4. The standard InChI is InChI=1S/C43H43ClN4O8S/c1-22-27-19-24(44)11-16-34(27)57-38(22)31-21-35(46(3)45-31)48-40(53)30-20-28-25(12-13-26-37(28)41(54)47(39(26)52)17-7-5-6-8-36(50)51)29(43(30,2)42(48)55)14-9-23-10-15-32(49)33(18-23)56-4/h9-12,14-16,18-19,21,26,28-30,37,49H,5-8,13,17,20H2,1-4H3,(H,50,51)/t26-,28+,29-,30-,37-,43-/m0/s1. The molecule has 2 aliphatic carbocycles. The van der Waals surface area contributed by atoms with E-state index in [9.17, 15) is 24.3 Å². The molecule has 6 atom stereocenters. The number of hydrogen-bond donors (Lipinski definition) is 2. The molecule has 4 aliphatic rings. The Morgan fingerprint density at radius 1 is 1.05 bits per heavy atom. The molecule has 3 fully saturated rings. The Hall–Kier alpha value is -5.27. The monoisotopic (exact) mass is 810 g/mol. The van der Waals surface area contributed by atoms with Crippen LogP contribution in [-0.2, 0) is 31.0 Å². The van der Waals surface area contributed by atoms with Crippen molar-refractivity contribution in [3.63, 3.8) is 0 Å². The van der Waals surface area contributed by atoms with Crippen molar-refractivity contribution in [1.82, 2.24) is 14.7 Å². The van der Waals surface area contributed by atoms with Gasteiger partial charge in [-0.25, -0.2) is 4.90 Å².